The highest BCUT2D eigenvalue weighted by Gasteiger charge is 2.35. The van der Waals surface area contributed by atoms with Gasteiger partial charge in [-0.05, 0) is 66.4 Å². The standard InChI is InChI=1S/C31H33NO5/c1-3-5-7-8-19-32-29(33)27-18-13-24(21-28(27)30(32)34)31(35)37-26-16-11-23(12-17-26)22-9-14-25(15-10-22)36-20-6-4-2/h9-18,21H,3-8,19-20H2,1-2H3. The number of esters is 1. The van der Waals surface area contributed by atoms with Crippen LogP contribution in [0.4, 0.5) is 0 Å². The molecule has 0 unspecified atom stereocenters. The van der Waals surface area contributed by atoms with Crippen molar-refractivity contribution in [3.05, 3.63) is 83.4 Å². The average molecular weight is 500 g/mol. The molecule has 4 rings (SSSR count). The maximum atomic E-state index is 12.8. The van der Waals surface area contributed by atoms with Gasteiger partial charge in [0.1, 0.15) is 11.5 Å². The fourth-order valence-electron chi connectivity index (χ4n) is 4.28. The number of ether oxygens (including phenoxy) is 2. The normalized spacial score (nSPS) is 12.5. The lowest BCUT2D eigenvalue weighted by Crippen LogP contribution is -2.30. The van der Waals surface area contributed by atoms with Gasteiger partial charge >= 0.3 is 5.97 Å². The summed E-state index contributed by atoms with van der Waals surface area (Å²) in [4.78, 5) is 39.5. The van der Waals surface area contributed by atoms with Crippen LogP contribution in [0.5, 0.6) is 11.5 Å². The number of hydrogen-bond donors (Lipinski definition) is 0. The van der Waals surface area contributed by atoms with Gasteiger partial charge in [0.2, 0.25) is 0 Å². The molecule has 0 fully saturated rings. The Bertz CT molecular complexity index is 1250. The highest BCUT2D eigenvalue weighted by Crippen LogP contribution is 2.27. The second kappa shape index (κ2) is 12.3. The number of carbonyl (C=O) groups is 3. The minimum atomic E-state index is -0.578. The summed E-state index contributed by atoms with van der Waals surface area (Å²) in [6.07, 6.45) is 6.02. The van der Waals surface area contributed by atoms with E-state index in [1.165, 1.54) is 23.1 Å². The van der Waals surface area contributed by atoms with Crippen LogP contribution in [0, 0.1) is 0 Å². The van der Waals surface area contributed by atoms with Crippen LogP contribution >= 0.6 is 0 Å². The van der Waals surface area contributed by atoms with Crippen LogP contribution in [0.15, 0.2) is 66.7 Å². The van der Waals surface area contributed by atoms with Gasteiger partial charge in [0.05, 0.1) is 23.3 Å². The summed E-state index contributed by atoms with van der Waals surface area (Å²) in [6, 6.07) is 19.7. The number of fused-ring (bicyclic) bond motifs is 1. The third kappa shape index (κ3) is 6.26. The fraction of sp³-hybridized carbons (Fsp3) is 0.323. The van der Waals surface area contributed by atoms with Gasteiger partial charge in [-0.25, -0.2) is 4.79 Å². The van der Waals surface area contributed by atoms with Gasteiger partial charge in [-0.3, -0.25) is 14.5 Å². The van der Waals surface area contributed by atoms with Crippen molar-refractivity contribution < 1.29 is 23.9 Å². The minimum absolute atomic E-state index is 0.232. The van der Waals surface area contributed by atoms with Crippen molar-refractivity contribution >= 4 is 17.8 Å². The van der Waals surface area contributed by atoms with E-state index in [9.17, 15) is 14.4 Å². The van der Waals surface area contributed by atoms with Crippen LogP contribution in [0.3, 0.4) is 0 Å². The quantitative estimate of drug-likeness (QED) is 0.117. The number of nitrogens with zero attached hydrogens (tertiary/aromatic N) is 1. The summed E-state index contributed by atoms with van der Waals surface area (Å²) >= 11 is 0. The Morgan fingerprint density at radius 1 is 0.703 bits per heavy atom. The maximum absolute atomic E-state index is 12.8. The zero-order chi connectivity index (χ0) is 26.2. The zero-order valence-electron chi connectivity index (χ0n) is 21.5. The van der Waals surface area contributed by atoms with E-state index in [0.717, 1.165) is 55.4 Å². The number of amides is 2. The number of unbranched alkanes of at least 4 members (excludes halogenated alkanes) is 4. The van der Waals surface area contributed by atoms with E-state index in [1.54, 1.807) is 12.1 Å². The Labute approximate surface area is 218 Å². The highest BCUT2D eigenvalue weighted by atomic mass is 16.5. The zero-order valence-corrected chi connectivity index (χ0v) is 21.5. The van der Waals surface area contributed by atoms with Gasteiger partial charge in [0, 0.05) is 6.54 Å². The molecule has 2 amide bonds. The molecule has 0 aliphatic carbocycles. The Morgan fingerprint density at radius 2 is 1.32 bits per heavy atom. The number of imide groups is 1. The van der Waals surface area contributed by atoms with Gasteiger partial charge in [-0.1, -0.05) is 63.8 Å². The van der Waals surface area contributed by atoms with Crippen molar-refractivity contribution in [1.29, 1.82) is 0 Å². The summed E-state index contributed by atoms with van der Waals surface area (Å²) in [5.41, 5.74) is 2.84. The Kier molecular flexibility index (Phi) is 8.72. The van der Waals surface area contributed by atoms with Crippen molar-refractivity contribution in [2.24, 2.45) is 0 Å². The van der Waals surface area contributed by atoms with Gasteiger partial charge in [0.25, 0.3) is 11.8 Å². The largest absolute Gasteiger partial charge is 0.494 e. The summed E-state index contributed by atoms with van der Waals surface area (Å²) in [5, 5.41) is 0. The predicted molar refractivity (Wildman–Crippen MR) is 143 cm³/mol. The second-order valence-corrected chi connectivity index (χ2v) is 9.22. The first-order valence-electron chi connectivity index (χ1n) is 13.1. The molecule has 0 saturated heterocycles. The lowest BCUT2D eigenvalue weighted by Gasteiger charge is -2.13. The smallest absolute Gasteiger partial charge is 0.343 e. The van der Waals surface area contributed by atoms with Gasteiger partial charge in [0.15, 0.2) is 0 Å². The number of benzene rings is 3. The molecule has 0 aromatic heterocycles. The molecular formula is C31H33NO5. The average Bonchev–Trinajstić information content (AvgIpc) is 3.16. The van der Waals surface area contributed by atoms with E-state index in [-0.39, 0.29) is 22.9 Å². The molecule has 6 nitrogen and oxygen atoms in total. The summed E-state index contributed by atoms with van der Waals surface area (Å²) < 4.78 is 11.3. The predicted octanol–water partition coefficient (Wildman–Crippen LogP) is 6.93. The molecule has 1 heterocycles. The molecule has 1 aliphatic rings. The van der Waals surface area contributed by atoms with Gasteiger partial charge in [-0.2, -0.15) is 0 Å². The fourth-order valence-corrected chi connectivity index (χ4v) is 4.28. The van der Waals surface area contributed by atoms with Crippen molar-refractivity contribution in [2.45, 2.75) is 52.4 Å². The van der Waals surface area contributed by atoms with E-state index >= 15 is 0 Å². The summed E-state index contributed by atoms with van der Waals surface area (Å²) in [7, 11) is 0. The molecule has 37 heavy (non-hydrogen) atoms. The molecule has 0 radical (unpaired) electrons. The lowest BCUT2D eigenvalue weighted by molar-refractivity contribution is 0.0650. The van der Waals surface area contributed by atoms with Crippen LogP contribution in [-0.4, -0.2) is 35.8 Å². The minimum Gasteiger partial charge on any atom is -0.494 e. The molecule has 0 spiro atoms. The maximum Gasteiger partial charge on any atom is 0.343 e. The first-order chi connectivity index (χ1) is 18.0. The molecule has 0 saturated carbocycles. The van der Waals surface area contributed by atoms with Crippen molar-refractivity contribution in [2.75, 3.05) is 13.2 Å². The summed E-state index contributed by atoms with van der Waals surface area (Å²) in [6.45, 7) is 5.35. The SMILES string of the molecule is CCCCCCN1C(=O)c2ccc(C(=O)Oc3ccc(-c4ccc(OCCCC)cc4)cc3)cc2C1=O. The van der Waals surface area contributed by atoms with Crippen LogP contribution in [0.25, 0.3) is 11.1 Å². The molecular weight excluding hydrogens is 466 g/mol. The van der Waals surface area contributed by atoms with E-state index in [4.69, 9.17) is 9.47 Å². The van der Waals surface area contributed by atoms with Gasteiger partial charge in [-0.15, -0.1) is 0 Å². The second-order valence-electron chi connectivity index (χ2n) is 9.22. The molecule has 0 N–H and O–H groups in total. The molecule has 0 bridgehead atoms. The Balaban J connectivity index is 1.38. The van der Waals surface area contributed by atoms with Crippen molar-refractivity contribution in [3.8, 4) is 22.6 Å². The van der Waals surface area contributed by atoms with E-state index < -0.39 is 5.97 Å². The molecule has 192 valence electrons. The number of hydrogen-bond acceptors (Lipinski definition) is 5. The Morgan fingerprint density at radius 3 is 1.97 bits per heavy atom. The highest BCUT2D eigenvalue weighted by molar-refractivity contribution is 6.22. The molecule has 3 aromatic carbocycles. The van der Waals surface area contributed by atoms with E-state index in [0.29, 0.717) is 24.5 Å². The van der Waals surface area contributed by atoms with Crippen LogP contribution < -0.4 is 9.47 Å². The van der Waals surface area contributed by atoms with Crippen molar-refractivity contribution in [1.82, 2.24) is 4.90 Å². The lowest BCUT2D eigenvalue weighted by atomic mass is 10.1. The van der Waals surface area contributed by atoms with Crippen molar-refractivity contribution in [3.63, 3.8) is 0 Å². The van der Waals surface area contributed by atoms with Gasteiger partial charge < -0.3 is 9.47 Å². The first kappa shape index (κ1) is 26.1. The summed E-state index contributed by atoms with van der Waals surface area (Å²) in [5.74, 6) is 0.0150. The van der Waals surface area contributed by atoms with Crippen LogP contribution in [0.1, 0.15) is 83.4 Å². The Hall–Kier alpha value is -3.93. The third-order valence-corrected chi connectivity index (χ3v) is 6.46. The number of rotatable bonds is 12. The van der Waals surface area contributed by atoms with Crippen LogP contribution in [0.2, 0.25) is 0 Å². The van der Waals surface area contributed by atoms with E-state index in [2.05, 4.69) is 13.8 Å². The molecule has 6 heteroatoms. The first-order valence-corrected chi connectivity index (χ1v) is 13.1. The monoisotopic (exact) mass is 499 g/mol. The van der Waals surface area contributed by atoms with Crippen LogP contribution in [-0.2, 0) is 0 Å². The third-order valence-electron chi connectivity index (χ3n) is 6.46. The topological polar surface area (TPSA) is 72.9 Å². The molecule has 1 aliphatic heterocycles. The molecule has 3 aromatic rings. The van der Waals surface area contributed by atoms with E-state index in [1.807, 2.05) is 36.4 Å². The molecule has 0 atom stereocenters. The number of carbonyl (C=O) groups excluding carboxylic acids is 3.